The van der Waals surface area contributed by atoms with E-state index in [-0.39, 0.29) is 0 Å². The molecule has 0 radical (unpaired) electrons. The van der Waals surface area contributed by atoms with Crippen molar-refractivity contribution in [3.05, 3.63) is 35.5 Å². The number of rotatable bonds is 4. The van der Waals surface area contributed by atoms with E-state index in [4.69, 9.17) is 11.4 Å². The van der Waals surface area contributed by atoms with Crippen molar-refractivity contribution < 1.29 is 0 Å². The number of aromatic nitrogens is 3. The number of hydrogen-bond acceptors (Lipinski definition) is 4. The minimum atomic E-state index is 0.704. The lowest BCUT2D eigenvalue weighted by molar-refractivity contribution is 0.373. The summed E-state index contributed by atoms with van der Waals surface area (Å²) in [5.41, 5.74) is 1.80. The van der Waals surface area contributed by atoms with E-state index >= 15 is 0 Å². The Labute approximate surface area is 146 Å². The molecule has 122 valence electrons. The van der Waals surface area contributed by atoms with Crippen molar-refractivity contribution in [1.29, 1.82) is 0 Å². The molecule has 3 heterocycles. The molecular weight excluding hydrogens is 316 g/mol. The van der Waals surface area contributed by atoms with Gasteiger partial charge in [-0.05, 0) is 36.3 Å². The second kappa shape index (κ2) is 6.66. The summed E-state index contributed by atoms with van der Waals surface area (Å²) in [6.45, 7) is 0.979. The highest BCUT2D eigenvalue weighted by molar-refractivity contribution is 7.13. The van der Waals surface area contributed by atoms with Crippen molar-refractivity contribution in [2.24, 2.45) is 5.92 Å². The van der Waals surface area contributed by atoms with Crippen molar-refractivity contribution in [2.45, 2.75) is 32.1 Å². The summed E-state index contributed by atoms with van der Waals surface area (Å²) in [6.07, 6.45) is 16.1. The number of imidazole rings is 1. The first-order valence-electron chi connectivity index (χ1n) is 8.48. The third-order valence-electron chi connectivity index (χ3n) is 4.72. The number of hydrogen-bond donors (Lipinski definition) is 1. The fraction of sp³-hybridized carbons (Fsp3) is 0.368. The van der Waals surface area contributed by atoms with Crippen LogP contribution in [-0.4, -0.2) is 20.9 Å². The Kier molecular flexibility index (Phi) is 4.22. The average molecular weight is 336 g/mol. The minimum Gasteiger partial charge on any atom is -0.369 e. The number of fused-ring (bicyclic) bond motifs is 1. The van der Waals surface area contributed by atoms with Gasteiger partial charge in [0.05, 0.1) is 4.88 Å². The van der Waals surface area contributed by atoms with Gasteiger partial charge in [0.25, 0.3) is 0 Å². The van der Waals surface area contributed by atoms with E-state index in [1.807, 2.05) is 28.1 Å². The smallest absolute Gasteiger partial charge is 0.236 e. The molecule has 0 atom stereocenters. The van der Waals surface area contributed by atoms with Gasteiger partial charge in [0, 0.05) is 24.5 Å². The Morgan fingerprint density at radius 2 is 2.21 bits per heavy atom. The Balaban J connectivity index is 1.72. The molecule has 0 bridgehead atoms. The minimum absolute atomic E-state index is 0.704. The zero-order valence-electron chi connectivity index (χ0n) is 13.5. The highest BCUT2D eigenvalue weighted by Gasteiger charge is 2.20. The molecule has 5 heteroatoms. The van der Waals surface area contributed by atoms with Crippen LogP contribution in [0.15, 0.2) is 29.9 Å². The van der Waals surface area contributed by atoms with Gasteiger partial charge in [-0.15, -0.1) is 17.8 Å². The van der Waals surface area contributed by atoms with Crippen LogP contribution in [0, 0.1) is 18.3 Å². The van der Waals surface area contributed by atoms with Gasteiger partial charge in [-0.1, -0.05) is 25.2 Å². The van der Waals surface area contributed by atoms with Crippen LogP contribution in [0.25, 0.3) is 16.3 Å². The molecule has 3 aromatic heterocycles. The van der Waals surface area contributed by atoms with Gasteiger partial charge < -0.3 is 5.32 Å². The molecule has 0 aromatic carbocycles. The summed E-state index contributed by atoms with van der Waals surface area (Å²) in [5, 5.41) is 5.66. The van der Waals surface area contributed by atoms with Crippen molar-refractivity contribution in [3.63, 3.8) is 0 Å². The SMILES string of the molecule is C#Cc1ccsc1-c1nc2ncccn2c1NCC1CCCCC1. The topological polar surface area (TPSA) is 42.2 Å². The molecule has 0 aliphatic heterocycles. The van der Waals surface area contributed by atoms with Gasteiger partial charge in [-0.2, -0.15) is 0 Å². The zero-order chi connectivity index (χ0) is 16.4. The van der Waals surface area contributed by atoms with Crippen molar-refractivity contribution in [1.82, 2.24) is 14.4 Å². The van der Waals surface area contributed by atoms with Crippen LogP contribution in [0.3, 0.4) is 0 Å². The molecule has 1 aliphatic rings. The first-order valence-corrected chi connectivity index (χ1v) is 9.36. The number of anilines is 1. The first-order chi connectivity index (χ1) is 11.9. The van der Waals surface area contributed by atoms with Crippen LogP contribution in [0.1, 0.15) is 37.7 Å². The molecule has 0 saturated heterocycles. The molecule has 1 saturated carbocycles. The Bertz CT molecular complexity index is 880. The average Bonchev–Trinajstić information content (AvgIpc) is 3.24. The maximum atomic E-state index is 5.65. The molecule has 4 nitrogen and oxygen atoms in total. The second-order valence-electron chi connectivity index (χ2n) is 6.29. The lowest BCUT2D eigenvalue weighted by atomic mass is 9.89. The number of nitrogens with one attached hydrogen (secondary N) is 1. The van der Waals surface area contributed by atoms with Gasteiger partial charge in [0.2, 0.25) is 5.78 Å². The number of nitrogens with zero attached hydrogens (tertiary/aromatic N) is 3. The molecule has 24 heavy (non-hydrogen) atoms. The van der Waals surface area contributed by atoms with Crippen LogP contribution in [0.4, 0.5) is 5.82 Å². The van der Waals surface area contributed by atoms with E-state index in [9.17, 15) is 0 Å². The first kappa shape index (κ1) is 15.2. The summed E-state index contributed by atoms with van der Waals surface area (Å²) in [4.78, 5) is 10.2. The highest BCUT2D eigenvalue weighted by atomic mass is 32.1. The summed E-state index contributed by atoms with van der Waals surface area (Å²) in [7, 11) is 0. The van der Waals surface area contributed by atoms with Crippen LogP contribution in [0.5, 0.6) is 0 Å². The lowest BCUT2D eigenvalue weighted by Crippen LogP contribution is -2.18. The Hall–Kier alpha value is -2.32. The van der Waals surface area contributed by atoms with E-state index in [2.05, 4.69) is 16.2 Å². The number of thiophene rings is 1. The van der Waals surface area contributed by atoms with Gasteiger partial charge in [0.1, 0.15) is 11.5 Å². The Morgan fingerprint density at radius 1 is 1.33 bits per heavy atom. The molecule has 0 amide bonds. The van der Waals surface area contributed by atoms with Crippen LogP contribution in [0.2, 0.25) is 0 Å². The van der Waals surface area contributed by atoms with Crippen LogP contribution in [-0.2, 0) is 0 Å². The van der Waals surface area contributed by atoms with Gasteiger partial charge >= 0.3 is 0 Å². The molecule has 3 aromatic rings. The highest BCUT2D eigenvalue weighted by Crippen LogP contribution is 2.35. The molecule has 1 fully saturated rings. The maximum Gasteiger partial charge on any atom is 0.236 e. The standard InChI is InChI=1S/C19H20N4S/c1-2-15-9-12-24-17(15)16-18(21-13-14-7-4-3-5-8-14)23-11-6-10-20-19(23)22-16/h1,6,9-12,14,21H,3-5,7-8,13H2. The molecule has 4 rings (SSSR count). The summed E-state index contributed by atoms with van der Waals surface area (Å²) >= 11 is 1.63. The fourth-order valence-electron chi connectivity index (χ4n) is 3.45. The zero-order valence-corrected chi connectivity index (χ0v) is 14.4. The van der Waals surface area contributed by atoms with Crippen LogP contribution >= 0.6 is 11.3 Å². The molecule has 1 aliphatic carbocycles. The maximum absolute atomic E-state index is 5.65. The molecule has 1 N–H and O–H groups in total. The quantitative estimate of drug-likeness (QED) is 0.717. The predicted octanol–water partition coefficient (Wildman–Crippen LogP) is 4.43. The third-order valence-corrected chi connectivity index (χ3v) is 5.64. The monoisotopic (exact) mass is 336 g/mol. The van der Waals surface area contributed by atoms with E-state index in [0.29, 0.717) is 5.78 Å². The van der Waals surface area contributed by atoms with E-state index < -0.39 is 0 Å². The summed E-state index contributed by atoms with van der Waals surface area (Å²) in [6, 6.07) is 3.91. The molecule has 0 unspecified atom stereocenters. The third kappa shape index (κ3) is 2.78. The lowest BCUT2D eigenvalue weighted by Gasteiger charge is -2.22. The summed E-state index contributed by atoms with van der Waals surface area (Å²) < 4.78 is 2.03. The normalized spacial score (nSPS) is 15.5. The van der Waals surface area contributed by atoms with Gasteiger partial charge in [-0.25, -0.2) is 9.97 Å². The van der Waals surface area contributed by atoms with Crippen molar-refractivity contribution >= 4 is 22.9 Å². The number of terminal acetylenes is 1. The van der Waals surface area contributed by atoms with E-state index in [1.165, 1.54) is 32.1 Å². The Morgan fingerprint density at radius 3 is 3.04 bits per heavy atom. The largest absolute Gasteiger partial charge is 0.369 e. The van der Waals surface area contributed by atoms with Crippen LogP contribution < -0.4 is 5.32 Å². The van der Waals surface area contributed by atoms with Gasteiger partial charge in [0.15, 0.2) is 0 Å². The second-order valence-corrected chi connectivity index (χ2v) is 7.21. The van der Waals surface area contributed by atoms with E-state index in [1.54, 1.807) is 17.5 Å². The fourth-order valence-corrected chi connectivity index (χ4v) is 4.30. The molecular formula is C19H20N4S. The van der Waals surface area contributed by atoms with Crippen molar-refractivity contribution in [3.8, 4) is 22.9 Å². The molecule has 0 spiro atoms. The summed E-state index contributed by atoms with van der Waals surface area (Å²) in [5.74, 6) is 5.21. The predicted molar refractivity (Wildman–Crippen MR) is 99.3 cm³/mol. The van der Waals surface area contributed by atoms with Crippen molar-refractivity contribution in [2.75, 3.05) is 11.9 Å². The van der Waals surface area contributed by atoms with E-state index in [0.717, 1.165) is 34.4 Å². The van der Waals surface area contributed by atoms with Gasteiger partial charge in [-0.3, -0.25) is 4.40 Å².